The third kappa shape index (κ3) is 4.11. The molecular weight excluding hydrogens is 339 g/mol. The second-order valence-electron chi connectivity index (χ2n) is 6.09. The van der Waals surface area contributed by atoms with E-state index in [0.29, 0.717) is 17.8 Å². The molecule has 25 heavy (non-hydrogen) atoms. The van der Waals surface area contributed by atoms with Crippen molar-refractivity contribution in [3.05, 3.63) is 57.9 Å². The highest BCUT2D eigenvalue weighted by Gasteiger charge is 2.14. The fourth-order valence-electron chi connectivity index (χ4n) is 2.70. The van der Waals surface area contributed by atoms with Crippen LogP contribution in [-0.2, 0) is 6.54 Å². The SMILES string of the molecule is Cc1cc(C)n(CC(C)NC(=O)c2cc(F)cc(-c3cscn3)c2)n1. The second kappa shape index (κ2) is 7.14. The summed E-state index contributed by atoms with van der Waals surface area (Å²) in [5.74, 6) is -0.771. The number of carbonyl (C=O) groups is 1. The first-order valence-corrected chi connectivity index (χ1v) is 8.87. The van der Waals surface area contributed by atoms with Gasteiger partial charge in [0, 0.05) is 28.2 Å². The van der Waals surface area contributed by atoms with E-state index in [0.717, 1.165) is 11.4 Å². The molecule has 0 saturated carbocycles. The van der Waals surface area contributed by atoms with Gasteiger partial charge in [-0.25, -0.2) is 9.37 Å². The van der Waals surface area contributed by atoms with Crippen molar-refractivity contribution in [2.75, 3.05) is 0 Å². The van der Waals surface area contributed by atoms with Gasteiger partial charge in [0.25, 0.3) is 5.91 Å². The lowest BCUT2D eigenvalue weighted by Gasteiger charge is -2.15. The van der Waals surface area contributed by atoms with E-state index in [1.54, 1.807) is 11.6 Å². The molecule has 1 atom stereocenters. The second-order valence-corrected chi connectivity index (χ2v) is 6.80. The van der Waals surface area contributed by atoms with E-state index in [4.69, 9.17) is 0 Å². The Bertz CT molecular complexity index is 889. The van der Waals surface area contributed by atoms with Crippen molar-refractivity contribution >= 4 is 17.2 Å². The van der Waals surface area contributed by atoms with Gasteiger partial charge in [0.15, 0.2) is 0 Å². The molecule has 7 heteroatoms. The lowest BCUT2D eigenvalue weighted by molar-refractivity contribution is 0.0935. The van der Waals surface area contributed by atoms with Crippen molar-refractivity contribution in [3.63, 3.8) is 0 Å². The molecule has 0 aliphatic heterocycles. The van der Waals surface area contributed by atoms with Gasteiger partial charge in [-0.15, -0.1) is 11.3 Å². The third-order valence-corrected chi connectivity index (χ3v) is 4.40. The number of benzene rings is 1. The maximum absolute atomic E-state index is 13.9. The number of rotatable bonds is 5. The molecule has 0 bridgehead atoms. The Hall–Kier alpha value is -2.54. The molecule has 130 valence electrons. The maximum atomic E-state index is 13.9. The number of halogens is 1. The summed E-state index contributed by atoms with van der Waals surface area (Å²) in [5, 5.41) is 9.11. The molecule has 0 saturated heterocycles. The van der Waals surface area contributed by atoms with E-state index in [1.807, 2.05) is 36.9 Å². The number of amides is 1. The molecular formula is C18H19FN4OS. The largest absolute Gasteiger partial charge is 0.348 e. The Morgan fingerprint density at radius 2 is 2.12 bits per heavy atom. The molecule has 0 radical (unpaired) electrons. The highest BCUT2D eigenvalue weighted by atomic mass is 32.1. The Kier molecular flexibility index (Phi) is 4.94. The molecule has 1 amide bonds. The fraction of sp³-hybridized carbons (Fsp3) is 0.278. The van der Waals surface area contributed by atoms with E-state index in [-0.39, 0.29) is 17.5 Å². The van der Waals surface area contributed by atoms with Crippen LogP contribution in [-0.4, -0.2) is 26.7 Å². The average Bonchev–Trinajstić information content (AvgIpc) is 3.17. The standard InChI is InChI=1S/C18H19FN4OS/c1-11-4-13(3)23(22-11)8-12(2)21-18(24)15-5-14(6-16(19)7-15)17-9-25-10-20-17/h4-7,9-10,12H,8H2,1-3H3,(H,21,24). The first kappa shape index (κ1) is 17.3. The number of aromatic nitrogens is 3. The Labute approximate surface area is 149 Å². The van der Waals surface area contributed by atoms with Crippen molar-refractivity contribution in [1.82, 2.24) is 20.1 Å². The number of aryl methyl sites for hydroxylation is 2. The van der Waals surface area contributed by atoms with Gasteiger partial charge in [-0.3, -0.25) is 9.48 Å². The van der Waals surface area contributed by atoms with Gasteiger partial charge in [0.2, 0.25) is 0 Å². The molecule has 2 heterocycles. The molecule has 0 aliphatic carbocycles. The Balaban J connectivity index is 1.73. The van der Waals surface area contributed by atoms with Crippen molar-refractivity contribution in [2.24, 2.45) is 0 Å². The first-order chi connectivity index (χ1) is 11.9. The van der Waals surface area contributed by atoms with Crippen molar-refractivity contribution in [1.29, 1.82) is 0 Å². The molecule has 2 aromatic heterocycles. The minimum Gasteiger partial charge on any atom is -0.348 e. The summed E-state index contributed by atoms with van der Waals surface area (Å²) >= 11 is 1.43. The summed E-state index contributed by atoms with van der Waals surface area (Å²) in [6.45, 7) is 6.36. The number of nitrogens with zero attached hydrogens (tertiary/aromatic N) is 3. The highest BCUT2D eigenvalue weighted by molar-refractivity contribution is 7.07. The van der Waals surface area contributed by atoms with Crippen LogP contribution in [0, 0.1) is 19.7 Å². The number of carbonyl (C=O) groups excluding carboxylic acids is 1. The van der Waals surface area contributed by atoms with Gasteiger partial charge < -0.3 is 5.32 Å². The topological polar surface area (TPSA) is 59.8 Å². The molecule has 0 fully saturated rings. The van der Waals surface area contributed by atoms with Crippen LogP contribution in [0.2, 0.25) is 0 Å². The minimum absolute atomic E-state index is 0.142. The smallest absolute Gasteiger partial charge is 0.251 e. The van der Waals surface area contributed by atoms with Crippen LogP contribution in [0.1, 0.15) is 28.7 Å². The van der Waals surface area contributed by atoms with E-state index in [1.165, 1.54) is 23.5 Å². The van der Waals surface area contributed by atoms with Crippen molar-refractivity contribution in [2.45, 2.75) is 33.4 Å². The summed E-state index contributed by atoms with van der Waals surface area (Å²) < 4.78 is 15.8. The Morgan fingerprint density at radius 1 is 1.32 bits per heavy atom. The number of thiazole rings is 1. The molecule has 0 spiro atoms. The molecule has 1 unspecified atom stereocenters. The van der Waals surface area contributed by atoms with Crippen LogP contribution < -0.4 is 5.32 Å². The van der Waals surface area contributed by atoms with Crippen LogP contribution >= 0.6 is 11.3 Å². The van der Waals surface area contributed by atoms with E-state index < -0.39 is 5.82 Å². The quantitative estimate of drug-likeness (QED) is 0.758. The summed E-state index contributed by atoms with van der Waals surface area (Å²) in [4.78, 5) is 16.6. The molecule has 3 aromatic rings. The van der Waals surface area contributed by atoms with Gasteiger partial charge in [-0.1, -0.05) is 0 Å². The normalized spacial score (nSPS) is 12.2. The van der Waals surface area contributed by atoms with E-state index >= 15 is 0 Å². The van der Waals surface area contributed by atoms with Gasteiger partial charge in [0.1, 0.15) is 5.82 Å². The van der Waals surface area contributed by atoms with Gasteiger partial charge in [-0.05, 0) is 45.0 Å². The van der Waals surface area contributed by atoms with E-state index in [2.05, 4.69) is 15.4 Å². The summed E-state index contributed by atoms with van der Waals surface area (Å²) in [7, 11) is 0. The predicted octanol–water partition coefficient (Wildman–Crippen LogP) is 3.58. The zero-order valence-corrected chi connectivity index (χ0v) is 15.1. The number of nitrogens with one attached hydrogen (secondary N) is 1. The number of hydrogen-bond acceptors (Lipinski definition) is 4. The molecule has 1 N–H and O–H groups in total. The van der Waals surface area contributed by atoms with Gasteiger partial charge in [-0.2, -0.15) is 5.10 Å². The van der Waals surface area contributed by atoms with E-state index in [9.17, 15) is 9.18 Å². The number of hydrogen-bond donors (Lipinski definition) is 1. The van der Waals surface area contributed by atoms with Crippen molar-refractivity contribution < 1.29 is 9.18 Å². The summed E-state index contributed by atoms with van der Waals surface area (Å²) in [6, 6.07) is 6.12. The third-order valence-electron chi connectivity index (χ3n) is 3.82. The first-order valence-electron chi connectivity index (χ1n) is 7.93. The Morgan fingerprint density at radius 3 is 2.76 bits per heavy atom. The summed E-state index contributed by atoms with van der Waals surface area (Å²) in [5.41, 5.74) is 5.19. The van der Waals surface area contributed by atoms with Crippen LogP contribution in [0.15, 0.2) is 35.2 Å². The van der Waals surface area contributed by atoms with Gasteiger partial charge in [0.05, 0.1) is 23.4 Å². The predicted molar refractivity (Wildman–Crippen MR) is 96.1 cm³/mol. The zero-order valence-electron chi connectivity index (χ0n) is 14.3. The lowest BCUT2D eigenvalue weighted by Crippen LogP contribution is -2.36. The van der Waals surface area contributed by atoms with Crippen LogP contribution in [0.3, 0.4) is 0 Å². The minimum atomic E-state index is -0.457. The average molecular weight is 358 g/mol. The van der Waals surface area contributed by atoms with Crippen molar-refractivity contribution in [3.8, 4) is 11.3 Å². The summed E-state index contributed by atoms with van der Waals surface area (Å²) in [6.07, 6.45) is 0. The highest BCUT2D eigenvalue weighted by Crippen LogP contribution is 2.22. The molecule has 3 rings (SSSR count). The fourth-order valence-corrected chi connectivity index (χ4v) is 3.26. The monoisotopic (exact) mass is 358 g/mol. The molecule has 0 aliphatic rings. The van der Waals surface area contributed by atoms with Crippen LogP contribution in [0.4, 0.5) is 4.39 Å². The zero-order chi connectivity index (χ0) is 18.0. The van der Waals surface area contributed by atoms with Gasteiger partial charge >= 0.3 is 0 Å². The van der Waals surface area contributed by atoms with Crippen LogP contribution in [0.25, 0.3) is 11.3 Å². The molecule has 5 nitrogen and oxygen atoms in total. The lowest BCUT2D eigenvalue weighted by atomic mass is 10.1. The maximum Gasteiger partial charge on any atom is 0.251 e. The molecule has 1 aromatic carbocycles. The van der Waals surface area contributed by atoms with Crippen LogP contribution in [0.5, 0.6) is 0 Å².